The molecule has 4 aromatic rings. The van der Waals surface area contributed by atoms with Gasteiger partial charge in [-0.05, 0) is 30.3 Å². The summed E-state index contributed by atoms with van der Waals surface area (Å²) in [5, 5.41) is 23.0. The van der Waals surface area contributed by atoms with Gasteiger partial charge in [0.15, 0.2) is 0 Å². The number of carbonyl (C=O) groups is 2. The van der Waals surface area contributed by atoms with Gasteiger partial charge in [-0.1, -0.05) is 0 Å². The summed E-state index contributed by atoms with van der Waals surface area (Å²) in [6, 6.07) is 5.87. The molecule has 1 amide bonds. The zero-order valence-electron chi connectivity index (χ0n) is 18.1. The van der Waals surface area contributed by atoms with Crippen LogP contribution >= 0.6 is 0 Å². The topological polar surface area (TPSA) is 182 Å². The Balaban J connectivity index is 1.52. The lowest BCUT2D eigenvalue weighted by Gasteiger charge is -2.09. The number of carboxylic acid groups (broad SMARTS) is 1. The maximum atomic E-state index is 12.6. The zero-order chi connectivity index (χ0) is 26.9. The van der Waals surface area contributed by atoms with E-state index in [-0.39, 0.29) is 28.1 Å². The summed E-state index contributed by atoms with van der Waals surface area (Å²) in [4.78, 5) is 55.9. The molecule has 2 aromatic heterocycles. The molecule has 0 bridgehead atoms. The van der Waals surface area contributed by atoms with Crippen LogP contribution in [0.1, 0.15) is 21.7 Å². The van der Waals surface area contributed by atoms with E-state index < -0.39 is 52.3 Å². The smallest absolute Gasteiger partial charge is 0.416 e. The van der Waals surface area contributed by atoms with Crippen molar-refractivity contribution in [2.45, 2.75) is 12.8 Å². The highest BCUT2D eigenvalue weighted by Crippen LogP contribution is 2.30. The van der Waals surface area contributed by atoms with E-state index in [1.165, 1.54) is 23.2 Å². The van der Waals surface area contributed by atoms with Gasteiger partial charge in [0.1, 0.15) is 12.3 Å². The van der Waals surface area contributed by atoms with Crippen LogP contribution in [0.4, 0.5) is 29.3 Å². The molecule has 16 heteroatoms. The molecule has 0 aliphatic rings. The molecule has 2 heterocycles. The number of carbonyl (C=O) groups excluding carboxylic acids is 1. The molecule has 0 radical (unpaired) electrons. The second kappa shape index (κ2) is 9.40. The number of ether oxygens (including phenoxy) is 1. The number of nitro groups is 1. The minimum atomic E-state index is -4.52. The van der Waals surface area contributed by atoms with Crippen LogP contribution in [0.25, 0.3) is 16.7 Å². The van der Waals surface area contributed by atoms with Crippen molar-refractivity contribution in [3.63, 3.8) is 0 Å². The van der Waals surface area contributed by atoms with Crippen LogP contribution < -0.4 is 10.9 Å². The monoisotopic (exact) mass is 518 g/mol. The standard InChI is InChI=1S/C21H13F3N6O7/c22-21(23,24)10-1-3-11(4-2-10)26-20(34)37-8-12-7-29(9-25-12)15-5-13-14(6-16(15)30(35)36)28-18(31)17(27-13)19(32)33/h1-7,9H,8H2,(H,26,34)(H,28,31)(H,32,33). The lowest BCUT2D eigenvalue weighted by Crippen LogP contribution is -2.20. The second-order valence-corrected chi connectivity index (χ2v) is 7.38. The number of rotatable bonds is 6. The van der Waals surface area contributed by atoms with E-state index in [1.807, 2.05) is 0 Å². The van der Waals surface area contributed by atoms with Gasteiger partial charge in [-0.2, -0.15) is 13.2 Å². The highest BCUT2D eigenvalue weighted by atomic mass is 19.4. The van der Waals surface area contributed by atoms with Crippen LogP contribution in [0.5, 0.6) is 0 Å². The Morgan fingerprint density at radius 2 is 1.92 bits per heavy atom. The van der Waals surface area contributed by atoms with E-state index in [1.54, 1.807) is 0 Å². The predicted octanol–water partition coefficient (Wildman–Crippen LogP) is 3.48. The van der Waals surface area contributed by atoms with Gasteiger partial charge in [0.2, 0.25) is 5.69 Å². The number of nitrogens with one attached hydrogen (secondary N) is 2. The van der Waals surface area contributed by atoms with Crippen molar-refractivity contribution in [3.8, 4) is 5.69 Å². The Hall–Kier alpha value is -5.28. The summed E-state index contributed by atoms with van der Waals surface area (Å²) in [5.41, 5.74) is -3.14. The second-order valence-electron chi connectivity index (χ2n) is 7.38. The van der Waals surface area contributed by atoms with Crippen LogP contribution in [0.15, 0.2) is 53.7 Å². The first-order valence-electron chi connectivity index (χ1n) is 10.0. The van der Waals surface area contributed by atoms with Gasteiger partial charge in [0, 0.05) is 18.0 Å². The molecule has 0 spiro atoms. The van der Waals surface area contributed by atoms with E-state index in [0.29, 0.717) is 0 Å². The molecular weight excluding hydrogens is 505 g/mol. The molecule has 0 fully saturated rings. The van der Waals surface area contributed by atoms with Crippen molar-refractivity contribution in [3.05, 3.63) is 86.3 Å². The highest BCUT2D eigenvalue weighted by Gasteiger charge is 2.30. The zero-order valence-corrected chi connectivity index (χ0v) is 18.1. The van der Waals surface area contributed by atoms with Crippen LogP contribution in [-0.4, -0.2) is 41.6 Å². The first-order valence-corrected chi connectivity index (χ1v) is 10.0. The number of halogens is 3. The van der Waals surface area contributed by atoms with Crippen LogP contribution in [0.3, 0.4) is 0 Å². The number of nitro benzene ring substituents is 1. The Morgan fingerprint density at radius 3 is 2.54 bits per heavy atom. The molecule has 0 aliphatic carbocycles. The van der Waals surface area contributed by atoms with Crippen molar-refractivity contribution >= 4 is 34.5 Å². The van der Waals surface area contributed by atoms with E-state index in [9.17, 15) is 37.7 Å². The van der Waals surface area contributed by atoms with E-state index >= 15 is 0 Å². The number of hydrogen-bond donors (Lipinski definition) is 3. The fourth-order valence-electron chi connectivity index (χ4n) is 3.21. The average Bonchev–Trinajstić information content (AvgIpc) is 3.30. The Labute approximate surface area is 202 Å². The lowest BCUT2D eigenvalue weighted by atomic mass is 10.2. The highest BCUT2D eigenvalue weighted by molar-refractivity contribution is 5.89. The molecule has 3 N–H and O–H groups in total. The molecular formula is C21H13F3N6O7. The Kier molecular flexibility index (Phi) is 6.31. The lowest BCUT2D eigenvalue weighted by molar-refractivity contribution is -0.384. The van der Waals surface area contributed by atoms with Crippen molar-refractivity contribution in [2.75, 3.05) is 5.32 Å². The van der Waals surface area contributed by atoms with Gasteiger partial charge >= 0.3 is 18.2 Å². The van der Waals surface area contributed by atoms with Gasteiger partial charge in [-0.15, -0.1) is 0 Å². The van der Waals surface area contributed by atoms with Crippen LogP contribution in [-0.2, 0) is 17.5 Å². The van der Waals surface area contributed by atoms with Gasteiger partial charge < -0.3 is 14.8 Å². The quantitative estimate of drug-likeness (QED) is 0.254. The largest absolute Gasteiger partial charge is 0.476 e. The summed E-state index contributed by atoms with van der Waals surface area (Å²) < 4.78 is 44.1. The minimum absolute atomic E-state index is 0.0416. The minimum Gasteiger partial charge on any atom is -0.476 e. The number of alkyl halides is 3. The predicted molar refractivity (Wildman–Crippen MR) is 118 cm³/mol. The molecule has 37 heavy (non-hydrogen) atoms. The third-order valence-electron chi connectivity index (χ3n) is 4.91. The fraction of sp³-hybridized carbons (Fsp3) is 0.0952. The number of aromatic carboxylic acids is 1. The summed E-state index contributed by atoms with van der Waals surface area (Å²) in [7, 11) is 0. The summed E-state index contributed by atoms with van der Waals surface area (Å²) in [6.07, 6.45) is -3.04. The Bertz CT molecular complexity index is 1600. The number of aromatic nitrogens is 4. The molecule has 0 unspecified atom stereocenters. The maximum absolute atomic E-state index is 12.6. The van der Waals surface area contributed by atoms with Gasteiger partial charge in [0.05, 0.1) is 33.5 Å². The van der Waals surface area contributed by atoms with Crippen molar-refractivity contribution in [1.82, 2.24) is 19.5 Å². The molecule has 0 aliphatic heterocycles. The summed E-state index contributed by atoms with van der Waals surface area (Å²) in [5.74, 6) is -1.58. The average molecular weight is 518 g/mol. The van der Waals surface area contributed by atoms with Crippen LogP contribution in [0.2, 0.25) is 0 Å². The maximum Gasteiger partial charge on any atom is 0.416 e. The first kappa shape index (κ1) is 24.8. The molecule has 0 saturated carbocycles. The number of carboxylic acids is 1. The summed E-state index contributed by atoms with van der Waals surface area (Å²) in [6.45, 7) is -0.393. The van der Waals surface area contributed by atoms with E-state index in [0.717, 1.165) is 30.3 Å². The van der Waals surface area contributed by atoms with Crippen molar-refractivity contribution in [1.29, 1.82) is 0 Å². The SMILES string of the molecule is O=C(Nc1ccc(C(F)(F)F)cc1)OCc1cn(-c2cc3nc(C(=O)O)c(=O)[nH]c3cc2[N+](=O)[O-])cn1. The first-order chi connectivity index (χ1) is 17.4. The fourth-order valence-corrected chi connectivity index (χ4v) is 3.21. The third-order valence-corrected chi connectivity index (χ3v) is 4.91. The summed E-state index contributed by atoms with van der Waals surface area (Å²) >= 11 is 0. The van der Waals surface area contributed by atoms with E-state index in [2.05, 4.69) is 20.3 Å². The number of imidazole rings is 1. The number of H-pyrrole nitrogens is 1. The van der Waals surface area contributed by atoms with Gasteiger partial charge in [-0.3, -0.25) is 24.8 Å². The van der Waals surface area contributed by atoms with Crippen LogP contribution in [0, 0.1) is 10.1 Å². The number of amides is 1. The number of anilines is 1. The number of aromatic amines is 1. The molecule has 4 rings (SSSR count). The number of nitrogens with zero attached hydrogens (tertiary/aromatic N) is 4. The molecule has 13 nitrogen and oxygen atoms in total. The van der Waals surface area contributed by atoms with Gasteiger partial charge in [-0.25, -0.2) is 19.6 Å². The molecule has 0 atom stereocenters. The molecule has 2 aromatic carbocycles. The van der Waals surface area contributed by atoms with Crippen molar-refractivity contribution < 1.29 is 37.5 Å². The molecule has 0 saturated heterocycles. The van der Waals surface area contributed by atoms with Crippen molar-refractivity contribution in [2.24, 2.45) is 0 Å². The third kappa shape index (κ3) is 5.37. The Morgan fingerprint density at radius 1 is 1.22 bits per heavy atom. The normalized spacial score (nSPS) is 11.3. The number of fused-ring (bicyclic) bond motifs is 1. The number of benzene rings is 2. The molecule has 190 valence electrons. The number of hydrogen-bond acceptors (Lipinski definition) is 8. The van der Waals surface area contributed by atoms with E-state index in [4.69, 9.17) is 9.84 Å². The van der Waals surface area contributed by atoms with Gasteiger partial charge in [0.25, 0.3) is 11.2 Å².